The Balaban J connectivity index is 1.73. The van der Waals surface area contributed by atoms with Crippen LogP contribution in [0.15, 0.2) is 40.9 Å². The van der Waals surface area contributed by atoms with Crippen LogP contribution in [-0.4, -0.2) is 13.2 Å². The molecule has 2 aromatic carbocycles. The minimum Gasteiger partial charge on any atom is -0.493 e. The predicted molar refractivity (Wildman–Crippen MR) is 119 cm³/mol. The molecule has 0 radical (unpaired) electrons. The van der Waals surface area contributed by atoms with Gasteiger partial charge in [-0.05, 0) is 42.7 Å². The predicted octanol–water partition coefficient (Wildman–Crippen LogP) is 6.89. The van der Waals surface area contributed by atoms with Gasteiger partial charge in [-0.1, -0.05) is 71.8 Å². The molecule has 1 fully saturated rings. The maximum atomic E-state index is 6.21. The Bertz CT molecular complexity index is 760. The molecule has 0 unspecified atom stereocenters. The first-order valence-electron chi connectivity index (χ1n) is 10.1. The van der Waals surface area contributed by atoms with Gasteiger partial charge in [-0.3, -0.25) is 0 Å². The number of nitrogens with one attached hydrogen (secondary N) is 1. The zero-order chi connectivity index (χ0) is 19.8. The maximum absolute atomic E-state index is 6.21. The fourth-order valence-corrected chi connectivity index (χ4v) is 4.42. The smallest absolute Gasteiger partial charge is 0.167 e. The third-order valence-electron chi connectivity index (χ3n) is 5.33. The van der Waals surface area contributed by atoms with Crippen molar-refractivity contribution < 1.29 is 9.47 Å². The van der Waals surface area contributed by atoms with Crippen LogP contribution in [0.1, 0.15) is 56.1 Å². The number of benzene rings is 2. The minimum atomic E-state index is 0.448. The van der Waals surface area contributed by atoms with Crippen LogP contribution >= 0.6 is 27.5 Å². The van der Waals surface area contributed by atoms with Crippen molar-refractivity contribution >= 4 is 27.5 Å². The molecule has 0 amide bonds. The number of methoxy groups -OCH3 is 1. The van der Waals surface area contributed by atoms with E-state index in [1.54, 1.807) is 7.11 Å². The molecular formula is C23H29BrClNO2. The van der Waals surface area contributed by atoms with E-state index in [1.165, 1.54) is 44.9 Å². The Morgan fingerprint density at radius 2 is 1.82 bits per heavy atom. The quantitative estimate of drug-likeness (QED) is 0.482. The first-order chi connectivity index (χ1) is 13.7. The highest BCUT2D eigenvalue weighted by Crippen LogP contribution is 2.37. The summed E-state index contributed by atoms with van der Waals surface area (Å²) >= 11 is 9.81. The normalized spacial score (nSPS) is 15.7. The van der Waals surface area contributed by atoms with Crippen molar-refractivity contribution in [2.45, 2.75) is 64.1 Å². The number of halogens is 2. The summed E-state index contributed by atoms with van der Waals surface area (Å²) < 4.78 is 12.8. The first-order valence-corrected chi connectivity index (χ1v) is 11.3. The Hall–Kier alpha value is -1.23. The fraction of sp³-hybridized carbons (Fsp3) is 0.478. The molecule has 1 aliphatic rings. The molecule has 0 saturated heterocycles. The van der Waals surface area contributed by atoms with Gasteiger partial charge in [0.25, 0.3) is 0 Å². The van der Waals surface area contributed by atoms with Crippen LogP contribution in [0, 0.1) is 0 Å². The van der Waals surface area contributed by atoms with E-state index in [-0.39, 0.29) is 0 Å². The molecular weight excluding hydrogens is 438 g/mol. The highest BCUT2D eigenvalue weighted by Gasteiger charge is 2.17. The van der Waals surface area contributed by atoms with Gasteiger partial charge in [0.15, 0.2) is 11.5 Å². The Morgan fingerprint density at radius 3 is 2.54 bits per heavy atom. The topological polar surface area (TPSA) is 30.5 Å². The molecule has 0 bridgehead atoms. The van der Waals surface area contributed by atoms with Gasteiger partial charge < -0.3 is 14.8 Å². The summed E-state index contributed by atoms with van der Waals surface area (Å²) in [5.74, 6) is 1.54. The molecule has 1 saturated carbocycles. The van der Waals surface area contributed by atoms with E-state index in [9.17, 15) is 0 Å². The van der Waals surface area contributed by atoms with Gasteiger partial charge in [0.1, 0.15) is 6.61 Å². The van der Waals surface area contributed by atoms with Crippen LogP contribution in [0.4, 0.5) is 0 Å². The van der Waals surface area contributed by atoms with Crippen molar-refractivity contribution in [1.29, 1.82) is 0 Å². The van der Waals surface area contributed by atoms with Crippen LogP contribution in [0.2, 0.25) is 5.02 Å². The molecule has 28 heavy (non-hydrogen) atoms. The standard InChI is InChI=1S/C23H29BrClNO2/c1-27-22-13-12-21(24)20(15-26-19-10-5-3-2-4-6-11-19)23(22)28-16-17-8-7-9-18(25)14-17/h7-9,12-14,19,26H,2-6,10-11,15-16H2,1H3. The average molecular weight is 467 g/mol. The second kappa shape index (κ2) is 11.1. The second-order valence-corrected chi connectivity index (χ2v) is 8.69. The fourth-order valence-electron chi connectivity index (χ4n) is 3.75. The van der Waals surface area contributed by atoms with Gasteiger partial charge in [0.05, 0.1) is 7.11 Å². The van der Waals surface area contributed by atoms with Crippen molar-refractivity contribution in [2.24, 2.45) is 0 Å². The molecule has 0 spiro atoms. The van der Waals surface area contributed by atoms with Crippen LogP contribution < -0.4 is 14.8 Å². The number of hydrogen-bond donors (Lipinski definition) is 1. The number of hydrogen-bond acceptors (Lipinski definition) is 3. The van der Waals surface area contributed by atoms with E-state index in [0.717, 1.165) is 33.6 Å². The Morgan fingerprint density at radius 1 is 1.07 bits per heavy atom. The maximum Gasteiger partial charge on any atom is 0.167 e. The van der Waals surface area contributed by atoms with E-state index in [0.29, 0.717) is 17.7 Å². The highest BCUT2D eigenvalue weighted by atomic mass is 79.9. The molecule has 0 heterocycles. The summed E-state index contributed by atoms with van der Waals surface area (Å²) in [6.07, 6.45) is 9.23. The van der Waals surface area contributed by atoms with Gasteiger partial charge in [-0.25, -0.2) is 0 Å². The highest BCUT2D eigenvalue weighted by molar-refractivity contribution is 9.10. The van der Waals surface area contributed by atoms with Gasteiger partial charge in [0, 0.05) is 27.6 Å². The molecule has 1 aliphatic carbocycles. The molecule has 152 valence electrons. The van der Waals surface area contributed by atoms with E-state index in [1.807, 2.05) is 36.4 Å². The van der Waals surface area contributed by atoms with Crippen LogP contribution in [-0.2, 0) is 13.2 Å². The Kier molecular flexibility index (Phi) is 8.50. The van der Waals surface area contributed by atoms with E-state index in [4.69, 9.17) is 21.1 Å². The van der Waals surface area contributed by atoms with Gasteiger partial charge in [0.2, 0.25) is 0 Å². The van der Waals surface area contributed by atoms with Crippen molar-refractivity contribution in [2.75, 3.05) is 7.11 Å². The van der Waals surface area contributed by atoms with E-state index >= 15 is 0 Å². The van der Waals surface area contributed by atoms with Gasteiger partial charge >= 0.3 is 0 Å². The van der Waals surface area contributed by atoms with Crippen molar-refractivity contribution in [3.05, 3.63) is 57.0 Å². The number of ether oxygens (including phenoxy) is 2. The van der Waals surface area contributed by atoms with Gasteiger partial charge in [-0.2, -0.15) is 0 Å². The summed E-state index contributed by atoms with van der Waals surface area (Å²) in [6, 6.07) is 12.3. The van der Waals surface area contributed by atoms with Crippen LogP contribution in [0.3, 0.4) is 0 Å². The summed E-state index contributed by atoms with van der Waals surface area (Å²) in [5, 5.41) is 4.48. The van der Waals surface area contributed by atoms with Crippen LogP contribution in [0.25, 0.3) is 0 Å². The SMILES string of the molecule is COc1ccc(Br)c(CNC2CCCCCCC2)c1OCc1cccc(Cl)c1. The summed E-state index contributed by atoms with van der Waals surface area (Å²) in [7, 11) is 1.68. The first kappa shape index (κ1) is 21.5. The minimum absolute atomic E-state index is 0.448. The lowest BCUT2D eigenvalue weighted by Crippen LogP contribution is -2.29. The molecule has 2 aromatic rings. The molecule has 0 aliphatic heterocycles. The van der Waals surface area contributed by atoms with E-state index < -0.39 is 0 Å². The Labute approximate surface area is 181 Å². The lowest BCUT2D eigenvalue weighted by molar-refractivity contribution is 0.279. The molecule has 3 rings (SSSR count). The molecule has 0 aromatic heterocycles. The zero-order valence-corrected chi connectivity index (χ0v) is 18.8. The third kappa shape index (κ3) is 6.13. The van der Waals surface area contributed by atoms with Crippen molar-refractivity contribution in [3.8, 4) is 11.5 Å². The monoisotopic (exact) mass is 465 g/mol. The van der Waals surface area contributed by atoms with E-state index in [2.05, 4.69) is 21.2 Å². The van der Waals surface area contributed by atoms with Crippen LogP contribution in [0.5, 0.6) is 11.5 Å². The average Bonchev–Trinajstić information content (AvgIpc) is 2.66. The lowest BCUT2D eigenvalue weighted by Gasteiger charge is -2.23. The summed E-state index contributed by atoms with van der Waals surface area (Å²) in [5.41, 5.74) is 2.14. The second-order valence-electron chi connectivity index (χ2n) is 7.40. The molecule has 5 heteroatoms. The largest absolute Gasteiger partial charge is 0.493 e. The number of rotatable bonds is 7. The summed E-state index contributed by atoms with van der Waals surface area (Å²) in [6.45, 7) is 1.21. The van der Waals surface area contributed by atoms with Gasteiger partial charge in [-0.15, -0.1) is 0 Å². The summed E-state index contributed by atoms with van der Waals surface area (Å²) in [4.78, 5) is 0. The van der Waals surface area contributed by atoms with Crippen molar-refractivity contribution in [3.63, 3.8) is 0 Å². The lowest BCUT2D eigenvalue weighted by atomic mass is 9.96. The molecule has 0 atom stereocenters. The zero-order valence-electron chi connectivity index (χ0n) is 16.5. The third-order valence-corrected chi connectivity index (χ3v) is 6.31. The van der Waals surface area contributed by atoms with Crippen molar-refractivity contribution in [1.82, 2.24) is 5.32 Å². The molecule has 3 nitrogen and oxygen atoms in total. The molecule has 1 N–H and O–H groups in total.